The van der Waals surface area contributed by atoms with Crippen LogP contribution in [0.1, 0.15) is 20.9 Å². The molecule has 8 heteroatoms. The molecule has 0 radical (unpaired) electrons. The quantitative estimate of drug-likeness (QED) is 0.687. The number of halogens is 1. The molecule has 2 heterocycles. The molecule has 1 aliphatic heterocycles. The van der Waals surface area contributed by atoms with E-state index in [1.54, 1.807) is 36.4 Å². The van der Waals surface area contributed by atoms with Crippen LogP contribution in [0.2, 0.25) is 5.02 Å². The molecule has 0 fully saturated rings. The maximum atomic E-state index is 12.8. The molecular formula is C20H15ClN2O5. The van der Waals surface area contributed by atoms with Gasteiger partial charge in [0.1, 0.15) is 13.2 Å². The van der Waals surface area contributed by atoms with Crippen molar-refractivity contribution < 1.29 is 23.5 Å². The number of hydrogen-bond donors (Lipinski definition) is 2. The van der Waals surface area contributed by atoms with Crippen LogP contribution in [0.15, 0.2) is 59.2 Å². The normalized spacial score (nSPS) is 12.3. The van der Waals surface area contributed by atoms with E-state index in [-0.39, 0.29) is 5.76 Å². The average Bonchev–Trinajstić information content (AvgIpc) is 3.24. The Morgan fingerprint density at radius 2 is 1.71 bits per heavy atom. The van der Waals surface area contributed by atoms with Crippen molar-refractivity contribution in [3.05, 3.63) is 71.1 Å². The SMILES string of the molecule is O=C(Nc1cc(Cl)ccc1NC(=O)c1cccc2c1OCCO2)c1ccco1. The predicted octanol–water partition coefficient (Wildman–Crippen LogP) is 4.21. The molecule has 0 saturated carbocycles. The first-order chi connectivity index (χ1) is 13.6. The number of carbonyl (C=O) groups excluding carboxylic acids is 2. The van der Waals surface area contributed by atoms with E-state index in [2.05, 4.69) is 10.6 Å². The predicted molar refractivity (Wildman–Crippen MR) is 103 cm³/mol. The average molecular weight is 399 g/mol. The van der Waals surface area contributed by atoms with E-state index >= 15 is 0 Å². The molecule has 0 aliphatic carbocycles. The number of amides is 2. The number of fused-ring (bicyclic) bond motifs is 1. The van der Waals surface area contributed by atoms with E-state index in [1.807, 2.05) is 0 Å². The van der Waals surface area contributed by atoms with Crippen molar-refractivity contribution in [1.82, 2.24) is 0 Å². The van der Waals surface area contributed by atoms with Gasteiger partial charge in [-0.05, 0) is 42.5 Å². The van der Waals surface area contributed by atoms with Crippen LogP contribution in [0.5, 0.6) is 11.5 Å². The highest BCUT2D eigenvalue weighted by Crippen LogP contribution is 2.35. The van der Waals surface area contributed by atoms with Crippen molar-refractivity contribution in [2.75, 3.05) is 23.8 Å². The van der Waals surface area contributed by atoms with E-state index in [0.717, 1.165) is 0 Å². The Morgan fingerprint density at radius 3 is 2.54 bits per heavy atom. The van der Waals surface area contributed by atoms with Crippen molar-refractivity contribution in [3.63, 3.8) is 0 Å². The summed E-state index contributed by atoms with van der Waals surface area (Å²) in [4.78, 5) is 25.1. The molecule has 2 N–H and O–H groups in total. The zero-order chi connectivity index (χ0) is 19.5. The maximum absolute atomic E-state index is 12.8. The van der Waals surface area contributed by atoms with E-state index in [4.69, 9.17) is 25.5 Å². The highest BCUT2D eigenvalue weighted by Gasteiger charge is 2.21. The minimum atomic E-state index is -0.461. The van der Waals surface area contributed by atoms with Gasteiger partial charge in [-0.3, -0.25) is 9.59 Å². The lowest BCUT2D eigenvalue weighted by atomic mass is 10.1. The zero-order valence-corrected chi connectivity index (χ0v) is 15.3. The van der Waals surface area contributed by atoms with Gasteiger partial charge in [0, 0.05) is 5.02 Å². The lowest BCUT2D eigenvalue weighted by Crippen LogP contribution is -2.21. The fraction of sp³-hybridized carbons (Fsp3) is 0.100. The summed E-state index contributed by atoms with van der Waals surface area (Å²) in [6, 6.07) is 13.0. The summed E-state index contributed by atoms with van der Waals surface area (Å²) < 4.78 is 16.2. The van der Waals surface area contributed by atoms with Crippen molar-refractivity contribution in [2.45, 2.75) is 0 Å². The van der Waals surface area contributed by atoms with Crippen LogP contribution in [0.25, 0.3) is 0 Å². The second kappa shape index (κ2) is 7.66. The van der Waals surface area contributed by atoms with E-state index in [9.17, 15) is 9.59 Å². The Hall–Kier alpha value is -3.45. The molecule has 4 rings (SSSR count). The molecule has 1 aromatic heterocycles. The molecule has 7 nitrogen and oxygen atoms in total. The first-order valence-electron chi connectivity index (χ1n) is 8.46. The molecule has 0 bridgehead atoms. The molecule has 0 saturated heterocycles. The van der Waals surface area contributed by atoms with Crippen LogP contribution >= 0.6 is 11.6 Å². The van der Waals surface area contributed by atoms with Crippen LogP contribution in [0.3, 0.4) is 0 Å². The van der Waals surface area contributed by atoms with Gasteiger partial charge in [-0.1, -0.05) is 17.7 Å². The topological polar surface area (TPSA) is 89.8 Å². The molecule has 2 amide bonds. The molecule has 0 atom stereocenters. The van der Waals surface area contributed by atoms with Gasteiger partial charge in [0.2, 0.25) is 0 Å². The monoisotopic (exact) mass is 398 g/mol. The molecule has 28 heavy (non-hydrogen) atoms. The number of furan rings is 1. The first kappa shape index (κ1) is 17.9. The Labute approximate surface area is 165 Å². The smallest absolute Gasteiger partial charge is 0.291 e. The van der Waals surface area contributed by atoms with Gasteiger partial charge in [0.25, 0.3) is 11.8 Å². The first-order valence-corrected chi connectivity index (χ1v) is 8.84. The van der Waals surface area contributed by atoms with Crippen LogP contribution in [-0.4, -0.2) is 25.0 Å². The second-order valence-corrected chi connectivity index (χ2v) is 6.34. The van der Waals surface area contributed by atoms with Crippen molar-refractivity contribution in [3.8, 4) is 11.5 Å². The number of ether oxygens (including phenoxy) is 2. The van der Waals surface area contributed by atoms with Crippen LogP contribution < -0.4 is 20.1 Å². The third kappa shape index (κ3) is 3.65. The molecule has 1 aliphatic rings. The van der Waals surface area contributed by atoms with Gasteiger partial charge in [0.15, 0.2) is 17.3 Å². The fourth-order valence-corrected chi connectivity index (χ4v) is 2.93. The standard InChI is InChI=1S/C20H15ClN2O5/c21-12-6-7-14(15(11-12)23-20(25)17-5-2-8-26-17)22-19(24)13-3-1-4-16-18(13)28-10-9-27-16/h1-8,11H,9-10H2,(H,22,24)(H,23,25). The maximum Gasteiger partial charge on any atom is 0.291 e. The number of carbonyl (C=O) groups is 2. The Morgan fingerprint density at radius 1 is 0.893 bits per heavy atom. The van der Waals surface area contributed by atoms with Gasteiger partial charge in [0.05, 0.1) is 23.2 Å². The van der Waals surface area contributed by atoms with E-state index in [0.29, 0.717) is 46.7 Å². The lowest BCUT2D eigenvalue weighted by molar-refractivity contribution is 0.0991. The minimum Gasteiger partial charge on any atom is -0.486 e. The lowest BCUT2D eigenvalue weighted by Gasteiger charge is -2.21. The largest absolute Gasteiger partial charge is 0.486 e. The van der Waals surface area contributed by atoms with Gasteiger partial charge in [-0.15, -0.1) is 0 Å². The summed E-state index contributed by atoms with van der Waals surface area (Å²) in [6.07, 6.45) is 1.40. The zero-order valence-electron chi connectivity index (χ0n) is 14.5. The number of benzene rings is 2. The van der Waals surface area contributed by atoms with Crippen molar-refractivity contribution in [2.24, 2.45) is 0 Å². The second-order valence-electron chi connectivity index (χ2n) is 5.91. The number of hydrogen-bond acceptors (Lipinski definition) is 5. The molecule has 0 spiro atoms. The van der Waals surface area contributed by atoms with Gasteiger partial charge >= 0.3 is 0 Å². The van der Waals surface area contributed by atoms with Crippen molar-refractivity contribution in [1.29, 1.82) is 0 Å². The van der Waals surface area contributed by atoms with Crippen molar-refractivity contribution >= 4 is 34.8 Å². The highest BCUT2D eigenvalue weighted by molar-refractivity contribution is 6.31. The molecule has 3 aromatic rings. The molecular weight excluding hydrogens is 384 g/mol. The summed E-state index contributed by atoms with van der Waals surface area (Å²) in [5.41, 5.74) is 1.04. The summed E-state index contributed by atoms with van der Waals surface area (Å²) in [5, 5.41) is 5.87. The number of rotatable bonds is 4. The summed E-state index contributed by atoms with van der Waals surface area (Å²) >= 11 is 6.05. The fourth-order valence-electron chi connectivity index (χ4n) is 2.76. The number of para-hydroxylation sites is 1. The van der Waals surface area contributed by atoms with Crippen LogP contribution in [0, 0.1) is 0 Å². The third-order valence-electron chi connectivity index (χ3n) is 4.03. The summed E-state index contributed by atoms with van der Waals surface area (Å²) in [5.74, 6) is 0.178. The van der Waals surface area contributed by atoms with Gasteiger partial charge in [-0.25, -0.2) is 0 Å². The Bertz CT molecular complexity index is 1030. The number of nitrogens with one attached hydrogen (secondary N) is 2. The molecule has 142 valence electrons. The van der Waals surface area contributed by atoms with Crippen LogP contribution in [-0.2, 0) is 0 Å². The highest BCUT2D eigenvalue weighted by atomic mass is 35.5. The van der Waals surface area contributed by atoms with E-state index < -0.39 is 11.8 Å². The van der Waals surface area contributed by atoms with Gasteiger partial charge < -0.3 is 24.5 Å². The Kier molecular flexibility index (Phi) is 4.90. The minimum absolute atomic E-state index is 0.139. The van der Waals surface area contributed by atoms with E-state index in [1.165, 1.54) is 18.4 Å². The summed E-state index contributed by atoms with van der Waals surface area (Å²) in [7, 11) is 0. The molecule has 2 aromatic carbocycles. The third-order valence-corrected chi connectivity index (χ3v) is 4.27. The van der Waals surface area contributed by atoms with Gasteiger partial charge in [-0.2, -0.15) is 0 Å². The molecule has 0 unspecified atom stereocenters. The summed E-state index contributed by atoms with van der Waals surface area (Å²) in [6.45, 7) is 0.793. The van der Waals surface area contributed by atoms with Crippen LogP contribution in [0.4, 0.5) is 11.4 Å². The Balaban J connectivity index is 1.60. The number of anilines is 2.